The van der Waals surface area contributed by atoms with E-state index in [9.17, 15) is 22.8 Å². The van der Waals surface area contributed by atoms with Crippen LogP contribution in [0.15, 0.2) is 44.9 Å². The highest BCUT2D eigenvalue weighted by atomic mass is 32.2. The minimum absolute atomic E-state index is 0.256. The van der Waals surface area contributed by atoms with Gasteiger partial charge in [0.25, 0.3) is 5.56 Å². The molecule has 0 aliphatic heterocycles. The first-order chi connectivity index (χ1) is 13.6. The molecule has 0 spiro atoms. The Morgan fingerprint density at radius 1 is 1.14 bits per heavy atom. The van der Waals surface area contributed by atoms with Crippen LogP contribution in [0, 0.1) is 0 Å². The quantitative estimate of drug-likeness (QED) is 0.584. The van der Waals surface area contributed by atoms with Crippen LogP contribution in [0.25, 0.3) is 11.0 Å². The Balaban J connectivity index is 2.12. The maximum atomic E-state index is 13.0. The van der Waals surface area contributed by atoms with Gasteiger partial charge in [0.1, 0.15) is 5.65 Å². The molecule has 5 nitrogen and oxygen atoms in total. The van der Waals surface area contributed by atoms with E-state index in [0.29, 0.717) is 22.3 Å². The molecule has 0 unspecified atom stereocenters. The molecule has 0 amide bonds. The van der Waals surface area contributed by atoms with Gasteiger partial charge < -0.3 is 0 Å². The van der Waals surface area contributed by atoms with E-state index < -0.39 is 23.0 Å². The number of thioether (sulfide) groups is 1. The van der Waals surface area contributed by atoms with E-state index in [1.807, 2.05) is 6.92 Å². The van der Waals surface area contributed by atoms with Crippen molar-refractivity contribution in [2.45, 2.75) is 36.6 Å². The summed E-state index contributed by atoms with van der Waals surface area (Å²) in [6, 6.07) is 5.14. The van der Waals surface area contributed by atoms with Gasteiger partial charge in [-0.3, -0.25) is 13.9 Å². The molecule has 0 N–H and O–H groups in total. The summed E-state index contributed by atoms with van der Waals surface area (Å²) in [6.07, 6.45) is -1.29. The first-order valence-electron chi connectivity index (χ1n) is 9.01. The molecule has 0 aliphatic rings. The van der Waals surface area contributed by atoms with Gasteiger partial charge in [-0.2, -0.15) is 13.2 Å². The first-order valence-corrected chi connectivity index (χ1v) is 10.00. The van der Waals surface area contributed by atoms with E-state index in [1.165, 1.54) is 36.5 Å². The highest BCUT2D eigenvalue weighted by Crippen LogP contribution is 2.34. The number of pyridine rings is 1. The number of aryl methyl sites for hydroxylation is 2. The first kappa shape index (κ1) is 21.2. The van der Waals surface area contributed by atoms with Crippen molar-refractivity contribution in [2.75, 3.05) is 0 Å². The molecule has 0 saturated carbocycles. The van der Waals surface area contributed by atoms with E-state index in [-0.39, 0.29) is 11.4 Å². The van der Waals surface area contributed by atoms with E-state index in [0.717, 1.165) is 28.7 Å². The van der Waals surface area contributed by atoms with Crippen molar-refractivity contribution in [3.8, 4) is 0 Å². The zero-order valence-electron chi connectivity index (χ0n) is 16.2. The van der Waals surface area contributed by atoms with Crippen molar-refractivity contribution in [1.29, 1.82) is 0 Å². The van der Waals surface area contributed by atoms with Gasteiger partial charge in [-0.1, -0.05) is 31.5 Å². The van der Waals surface area contributed by atoms with Gasteiger partial charge >= 0.3 is 11.9 Å². The molecule has 0 radical (unpaired) electrons. The third-order valence-corrected chi connectivity index (χ3v) is 5.88. The summed E-state index contributed by atoms with van der Waals surface area (Å²) < 4.78 is 41.3. The van der Waals surface area contributed by atoms with E-state index >= 15 is 0 Å². The smallest absolute Gasteiger partial charge is 0.280 e. The lowest BCUT2D eigenvalue weighted by Crippen LogP contribution is -2.37. The second-order valence-corrected chi connectivity index (χ2v) is 7.74. The van der Waals surface area contributed by atoms with Gasteiger partial charge in [0.05, 0.1) is 10.9 Å². The average molecular weight is 423 g/mol. The van der Waals surface area contributed by atoms with Crippen LogP contribution in [-0.4, -0.2) is 14.1 Å². The number of aromatic nitrogens is 3. The molecule has 9 heteroatoms. The fraction of sp³-hybridized carbons (Fsp3) is 0.350. The molecular weight excluding hydrogens is 403 g/mol. The second-order valence-electron chi connectivity index (χ2n) is 6.75. The minimum Gasteiger partial charge on any atom is -0.280 e. The van der Waals surface area contributed by atoms with Gasteiger partial charge in [-0.25, -0.2) is 9.78 Å². The summed E-state index contributed by atoms with van der Waals surface area (Å²) >= 11 is 1.29. The lowest BCUT2D eigenvalue weighted by molar-refractivity contribution is -0.137. The monoisotopic (exact) mass is 423 g/mol. The van der Waals surface area contributed by atoms with Gasteiger partial charge in [0.15, 0.2) is 0 Å². The lowest BCUT2D eigenvalue weighted by Gasteiger charge is -2.14. The van der Waals surface area contributed by atoms with E-state index in [4.69, 9.17) is 0 Å². The number of hydrogen-bond acceptors (Lipinski definition) is 4. The average Bonchev–Trinajstić information content (AvgIpc) is 2.69. The third-order valence-electron chi connectivity index (χ3n) is 4.65. The summed E-state index contributed by atoms with van der Waals surface area (Å²) in [7, 11) is 2.94. The SMILES string of the molecule is CCCc1cnc2c(c1SCc1cccc(C(F)(F)F)c1)c(=O)n(C)c(=O)n2C. The molecule has 0 fully saturated rings. The molecule has 1 aromatic carbocycles. The van der Waals surface area contributed by atoms with Crippen molar-refractivity contribution < 1.29 is 13.2 Å². The van der Waals surface area contributed by atoms with Gasteiger partial charge in [0.2, 0.25) is 0 Å². The Morgan fingerprint density at radius 2 is 1.86 bits per heavy atom. The summed E-state index contributed by atoms with van der Waals surface area (Å²) in [6.45, 7) is 1.99. The van der Waals surface area contributed by atoms with Crippen LogP contribution in [0.4, 0.5) is 13.2 Å². The van der Waals surface area contributed by atoms with Gasteiger partial charge in [-0.15, -0.1) is 11.8 Å². The van der Waals surface area contributed by atoms with Crippen molar-refractivity contribution in [3.05, 3.63) is 68.0 Å². The van der Waals surface area contributed by atoms with Crippen LogP contribution in [0.5, 0.6) is 0 Å². The topological polar surface area (TPSA) is 56.9 Å². The normalized spacial score (nSPS) is 11.9. The Morgan fingerprint density at radius 3 is 2.52 bits per heavy atom. The Bertz CT molecular complexity index is 1180. The molecular formula is C20H20F3N3O2S. The predicted molar refractivity (Wildman–Crippen MR) is 107 cm³/mol. The highest BCUT2D eigenvalue weighted by Gasteiger charge is 2.30. The van der Waals surface area contributed by atoms with Crippen LogP contribution in [-0.2, 0) is 32.4 Å². The molecule has 3 aromatic rings. The number of rotatable bonds is 5. The molecule has 0 saturated heterocycles. The number of alkyl halides is 3. The number of halogens is 3. The number of benzene rings is 1. The fourth-order valence-electron chi connectivity index (χ4n) is 3.15. The predicted octanol–water partition coefficient (Wildman–Crippen LogP) is 3.90. The largest absolute Gasteiger partial charge is 0.416 e. The molecule has 0 atom stereocenters. The van der Waals surface area contributed by atoms with Crippen LogP contribution >= 0.6 is 11.8 Å². The Kier molecular flexibility index (Phi) is 5.88. The van der Waals surface area contributed by atoms with E-state index in [1.54, 1.807) is 12.3 Å². The lowest BCUT2D eigenvalue weighted by atomic mass is 10.1. The minimum atomic E-state index is -4.41. The number of hydrogen-bond donors (Lipinski definition) is 0. The zero-order valence-corrected chi connectivity index (χ0v) is 17.0. The van der Waals surface area contributed by atoms with Crippen molar-refractivity contribution in [1.82, 2.24) is 14.1 Å². The van der Waals surface area contributed by atoms with Crippen molar-refractivity contribution in [2.24, 2.45) is 14.1 Å². The summed E-state index contributed by atoms with van der Waals surface area (Å²) in [4.78, 5) is 30.0. The Labute approximate surface area is 169 Å². The zero-order chi connectivity index (χ0) is 21.3. The molecule has 29 heavy (non-hydrogen) atoms. The van der Waals surface area contributed by atoms with Crippen molar-refractivity contribution in [3.63, 3.8) is 0 Å². The summed E-state index contributed by atoms with van der Waals surface area (Å²) in [5.41, 5.74) is -0.0365. The third kappa shape index (κ3) is 4.10. The maximum absolute atomic E-state index is 13.0. The number of nitrogens with zero attached hydrogens (tertiary/aromatic N) is 3. The fourth-order valence-corrected chi connectivity index (χ4v) is 4.30. The number of fused-ring (bicyclic) bond motifs is 1. The molecule has 2 aromatic heterocycles. The van der Waals surface area contributed by atoms with Crippen molar-refractivity contribution >= 4 is 22.8 Å². The highest BCUT2D eigenvalue weighted by molar-refractivity contribution is 7.98. The molecule has 154 valence electrons. The van der Waals surface area contributed by atoms with Crippen LogP contribution in [0.1, 0.15) is 30.0 Å². The van der Waals surface area contributed by atoms with Crippen LogP contribution < -0.4 is 11.2 Å². The van der Waals surface area contributed by atoms with Gasteiger partial charge in [-0.05, 0) is 23.6 Å². The van der Waals surface area contributed by atoms with Crippen LogP contribution in [0.2, 0.25) is 0 Å². The second kappa shape index (κ2) is 8.06. The standard InChI is InChI=1S/C20H20F3N3O2S/c1-4-6-13-10-24-17-15(18(27)26(3)19(28)25(17)2)16(13)29-11-12-7-5-8-14(9-12)20(21,22)23/h5,7-10H,4,6,11H2,1-3H3. The summed E-state index contributed by atoms with van der Waals surface area (Å²) in [5, 5.41) is 0.317. The molecule has 0 aliphatic carbocycles. The van der Waals surface area contributed by atoms with Crippen LogP contribution in [0.3, 0.4) is 0 Å². The Hall–Kier alpha value is -2.55. The van der Waals surface area contributed by atoms with Gasteiger partial charge in [0, 0.05) is 30.9 Å². The molecule has 3 rings (SSSR count). The molecule has 2 heterocycles. The molecule has 0 bridgehead atoms. The maximum Gasteiger partial charge on any atom is 0.416 e. The summed E-state index contributed by atoms with van der Waals surface area (Å²) in [5.74, 6) is 0.256. The van der Waals surface area contributed by atoms with E-state index in [2.05, 4.69) is 4.98 Å².